The van der Waals surface area contributed by atoms with Gasteiger partial charge in [0.05, 0.1) is 19.6 Å². The molecule has 2 rings (SSSR count). The largest absolute Gasteiger partial charge is 0.497 e. The summed E-state index contributed by atoms with van der Waals surface area (Å²) in [5.41, 5.74) is 0. The second-order valence-electron chi connectivity index (χ2n) is 5.76. The molecule has 1 heterocycles. The molecule has 8 nitrogen and oxygen atoms in total. The van der Waals surface area contributed by atoms with E-state index in [1.54, 1.807) is 31.4 Å². The monoisotopic (exact) mass is 350 g/mol. The molecule has 0 spiro atoms. The van der Waals surface area contributed by atoms with Crippen molar-refractivity contribution in [3.63, 3.8) is 0 Å². The van der Waals surface area contributed by atoms with Crippen LogP contribution < -0.4 is 14.8 Å². The quantitative estimate of drug-likeness (QED) is 0.742. The Kier molecular flexibility index (Phi) is 6.62. The average Bonchev–Trinajstić information content (AvgIpc) is 2.64. The zero-order chi connectivity index (χ0) is 18.2. The number of carboxylic acids is 1. The second-order valence-corrected chi connectivity index (χ2v) is 5.76. The van der Waals surface area contributed by atoms with Crippen LogP contribution in [-0.2, 0) is 14.4 Å². The van der Waals surface area contributed by atoms with Crippen LogP contribution in [0.5, 0.6) is 11.5 Å². The van der Waals surface area contributed by atoms with Crippen LogP contribution in [0.4, 0.5) is 0 Å². The van der Waals surface area contributed by atoms with Crippen molar-refractivity contribution in [2.45, 2.75) is 12.8 Å². The lowest BCUT2D eigenvalue weighted by Crippen LogP contribution is -2.47. The summed E-state index contributed by atoms with van der Waals surface area (Å²) in [6, 6.07) is 6.78. The van der Waals surface area contributed by atoms with Crippen LogP contribution in [0, 0.1) is 5.92 Å². The number of piperidine rings is 1. The molecule has 0 aliphatic carbocycles. The van der Waals surface area contributed by atoms with Crippen LogP contribution in [0.3, 0.4) is 0 Å². The maximum Gasteiger partial charge on any atom is 0.308 e. The van der Waals surface area contributed by atoms with Gasteiger partial charge < -0.3 is 24.8 Å². The summed E-state index contributed by atoms with van der Waals surface area (Å²) >= 11 is 0. The topological polar surface area (TPSA) is 105 Å². The summed E-state index contributed by atoms with van der Waals surface area (Å²) in [5.74, 6) is -0.938. The van der Waals surface area contributed by atoms with Gasteiger partial charge in [-0.05, 0) is 37.1 Å². The molecular formula is C17H22N2O6. The van der Waals surface area contributed by atoms with Gasteiger partial charge in [0.1, 0.15) is 11.5 Å². The minimum absolute atomic E-state index is 0.169. The number of carbonyl (C=O) groups excluding carboxylic acids is 2. The molecule has 0 radical (unpaired) electrons. The van der Waals surface area contributed by atoms with E-state index in [0.29, 0.717) is 30.9 Å². The molecular weight excluding hydrogens is 328 g/mol. The second kappa shape index (κ2) is 8.91. The number of likely N-dealkylation sites (tertiary alicyclic amines) is 1. The van der Waals surface area contributed by atoms with Crippen LogP contribution in [0.2, 0.25) is 0 Å². The van der Waals surface area contributed by atoms with Crippen LogP contribution >= 0.6 is 0 Å². The van der Waals surface area contributed by atoms with Gasteiger partial charge in [-0.1, -0.05) is 0 Å². The van der Waals surface area contributed by atoms with Gasteiger partial charge in [-0.2, -0.15) is 0 Å². The third kappa shape index (κ3) is 5.66. The zero-order valence-corrected chi connectivity index (χ0v) is 14.1. The Bertz CT molecular complexity index is 616. The van der Waals surface area contributed by atoms with Crippen molar-refractivity contribution in [1.82, 2.24) is 10.2 Å². The number of rotatable bonds is 7. The minimum Gasteiger partial charge on any atom is -0.497 e. The number of carboxylic acid groups (broad SMARTS) is 1. The highest BCUT2D eigenvalue weighted by Gasteiger charge is 2.28. The van der Waals surface area contributed by atoms with E-state index in [1.807, 2.05) is 0 Å². The van der Waals surface area contributed by atoms with Crippen molar-refractivity contribution in [3.8, 4) is 11.5 Å². The van der Waals surface area contributed by atoms with E-state index in [1.165, 1.54) is 4.90 Å². The Hall–Kier alpha value is -2.77. The summed E-state index contributed by atoms with van der Waals surface area (Å²) in [5, 5.41) is 11.5. The van der Waals surface area contributed by atoms with Gasteiger partial charge in [0.15, 0.2) is 6.61 Å². The highest BCUT2D eigenvalue weighted by Crippen LogP contribution is 2.17. The molecule has 0 aromatic heterocycles. The molecule has 1 unspecified atom stereocenters. The molecule has 1 fully saturated rings. The van der Waals surface area contributed by atoms with Crippen molar-refractivity contribution in [1.29, 1.82) is 0 Å². The fraction of sp³-hybridized carbons (Fsp3) is 0.471. The van der Waals surface area contributed by atoms with Crippen molar-refractivity contribution in [2.75, 3.05) is 33.4 Å². The lowest BCUT2D eigenvalue weighted by atomic mass is 9.98. The van der Waals surface area contributed by atoms with E-state index in [4.69, 9.17) is 14.6 Å². The fourth-order valence-corrected chi connectivity index (χ4v) is 2.56. The number of amides is 2. The number of nitrogens with zero attached hydrogens (tertiary/aromatic N) is 1. The number of ether oxygens (including phenoxy) is 2. The SMILES string of the molecule is COc1ccc(OCC(=O)NCC(=O)N2CCCC(C(=O)O)C2)cc1. The van der Waals surface area contributed by atoms with Crippen molar-refractivity contribution in [3.05, 3.63) is 24.3 Å². The summed E-state index contributed by atoms with van der Waals surface area (Å²) in [7, 11) is 1.56. The molecule has 25 heavy (non-hydrogen) atoms. The third-order valence-corrected chi connectivity index (χ3v) is 3.99. The molecule has 136 valence electrons. The molecule has 1 aromatic rings. The van der Waals surface area contributed by atoms with Gasteiger partial charge in [0, 0.05) is 13.1 Å². The van der Waals surface area contributed by atoms with Gasteiger partial charge >= 0.3 is 5.97 Å². The smallest absolute Gasteiger partial charge is 0.308 e. The summed E-state index contributed by atoms with van der Waals surface area (Å²) in [6.07, 6.45) is 1.22. The normalized spacial score (nSPS) is 16.8. The maximum absolute atomic E-state index is 12.1. The lowest BCUT2D eigenvalue weighted by molar-refractivity contribution is -0.146. The third-order valence-electron chi connectivity index (χ3n) is 3.99. The number of carbonyl (C=O) groups is 3. The Morgan fingerprint density at radius 3 is 2.56 bits per heavy atom. The molecule has 1 saturated heterocycles. The standard InChI is InChI=1S/C17H22N2O6/c1-24-13-4-6-14(7-5-13)25-11-15(20)18-9-16(21)19-8-2-3-12(10-19)17(22)23/h4-7,12H,2-3,8-11H2,1H3,(H,18,20)(H,22,23). The Labute approximate surface area is 145 Å². The van der Waals surface area contributed by atoms with Crippen LogP contribution in [-0.4, -0.2) is 61.1 Å². The highest BCUT2D eigenvalue weighted by molar-refractivity contribution is 5.85. The fourth-order valence-electron chi connectivity index (χ4n) is 2.56. The van der Waals surface area contributed by atoms with E-state index in [0.717, 1.165) is 0 Å². The van der Waals surface area contributed by atoms with Crippen LogP contribution in [0.25, 0.3) is 0 Å². The molecule has 1 aromatic carbocycles. The number of aliphatic carboxylic acids is 1. The van der Waals surface area contributed by atoms with Crippen molar-refractivity contribution < 1.29 is 29.0 Å². The van der Waals surface area contributed by atoms with E-state index in [2.05, 4.69) is 5.32 Å². The first-order valence-electron chi connectivity index (χ1n) is 8.03. The van der Waals surface area contributed by atoms with E-state index in [9.17, 15) is 14.4 Å². The minimum atomic E-state index is -0.894. The predicted octanol–water partition coefficient (Wildman–Crippen LogP) is 0.513. The van der Waals surface area contributed by atoms with E-state index >= 15 is 0 Å². The van der Waals surface area contributed by atoms with Gasteiger partial charge in [0.25, 0.3) is 5.91 Å². The molecule has 1 atom stereocenters. The average molecular weight is 350 g/mol. The van der Waals surface area contributed by atoms with Gasteiger partial charge in [-0.25, -0.2) is 0 Å². The van der Waals surface area contributed by atoms with E-state index < -0.39 is 17.8 Å². The van der Waals surface area contributed by atoms with Gasteiger partial charge in [-0.15, -0.1) is 0 Å². The number of hydrogen-bond acceptors (Lipinski definition) is 5. The molecule has 1 aliphatic rings. The van der Waals surface area contributed by atoms with Crippen molar-refractivity contribution >= 4 is 17.8 Å². The van der Waals surface area contributed by atoms with Crippen molar-refractivity contribution in [2.24, 2.45) is 5.92 Å². The summed E-state index contributed by atoms with van der Waals surface area (Å²) in [4.78, 5) is 36.3. The molecule has 1 aliphatic heterocycles. The van der Waals surface area contributed by atoms with Gasteiger partial charge in [0.2, 0.25) is 5.91 Å². The Balaban J connectivity index is 1.71. The maximum atomic E-state index is 12.1. The number of methoxy groups -OCH3 is 1. The van der Waals surface area contributed by atoms with Crippen LogP contribution in [0.1, 0.15) is 12.8 Å². The highest BCUT2D eigenvalue weighted by atomic mass is 16.5. The number of nitrogens with one attached hydrogen (secondary N) is 1. The molecule has 2 amide bonds. The first-order valence-corrected chi connectivity index (χ1v) is 8.03. The number of hydrogen-bond donors (Lipinski definition) is 2. The zero-order valence-electron chi connectivity index (χ0n) is 14.1. The van der Waals surface area contributed by atoms with E-state index in [-0.39, 0.29) is 25.6 Å². The lowest BCUT2D eigenvalue weighted by Gasteiger charge is -2.30. The molecule has 0 bridgehead atoms. The summed E-state index contributed by atoms with van der Waals surface area (Å²) in [6.45, 7) is 0.321. The Morgan fingerprint density at radius 1 is 1.24 bits per heavy atom. The molecule has 8 heteroatoms. The molecule has 0 saturated carbocycles. The number of benzene rings is 1. The molecule has 2 N–H and O–H groups in total. The first-order chi connectivity index (χ1) is 12.0. The Morgan fingerprint density at radius 2 is 1.92 bits per heavy atom. The van der Waals surface area contributed by atoms with Gasteiger partial charge in [-0.3, -0.25) is 14.4 Å². The predicted molar refractivity (Wildman–Crippen MR) is 88.4 cm³/mol. The summed E-state index contributed by atoms with van der Waals surface area (Å²) < 4.78 is 10.3. The van der Waals surface area contributed by atoms with Crippen LogP contribution in [0.15, 0.2) is 24.3 Å². The first kappa shape index (κ1) is 18.6.